The van der Waals surface area contributed by atoms with Crippen LogP contribution in [0, 0.1) is 6.92 Å². The maximum atomic E-state index is 12.6. The first-order valence-corrected chi connectivity index (χ1v) is 13.2. The minimum absolute atomic E-state index is 0.265. The van der Waals surface area contributed by atoms with Gasteiger partial charge in [-0.05, 0) is 65.0 Å². The first-order chi connectivity index (χ1) is 17.1. The summed E-state index contributed by atoms with van der Waals surface area (Å²) in [5.74, 6) is 1.11. The predicted molar refractivity (Wildman–Crippen MR) is 143 cm³/mol. The quantitative estimate of drug-likeness (QED) is 0.186. The van der Waals surface area contributed by atoms with Crippen LogP contribution in [0.5, 0.6) is 0 Å². The molecule has 36 heavy (non-hydrogen) atoms. The van der Waals surface area contributed by atoms with E-state index in [9.17, 15) is 9.42 Å². The second-order valence-electron chi connectivity index (χ2n) is 9.51. The highest BCUT2D eigenvalue weighted by Crippen LogP contribution is 2.23. The van der Waals surface area contributed by atoms with Crippen molar-refractivity contribution in [1.82, 2.24) is 14.7 Å². The second kappa shape index (κ2) is 12.9. The van der Waals surface area contributed by atoms with Gasteiger partial charge in [-0.3, -0.25) is 0 Å². The second-order valence-corrected chi connectivity index (χ2v) is 10.7. The number of hydroxylamine groups is 2. The van der Waals surface area contributed by atoms with E-state index in [4.69, 9.17) is 4.74 Å². The summed E-state index contributed by atoms with van der Waals surface area (Å²) in [6, 6.07) is 15.2. The fourth-order valence-corrected chi connectivity index (χ4v) is 4.40. The van der Waals surface area contributed by atoms with E-state index in [-0.39, 0.29) is 5.54 Å². The summed E-state index contributed by atoms with van der Waals surface area (Å²) >= 11 is 0. The molecule has 0 saturated carbocycles. The molecule has 0 radical (unpaired) electrons. The van der Waals surface area contributed by atoms with Crippen LogP contribution in [0.3, 0.4) is 0 Å². The average molecular weight is 514 g/mol. The molecule has 2 atom stereocenters. The third-order valence-corrected chi connectivity index (χ3v) is 6.52. The van der Waals surface area contributed by atoms with Gasteiger partial charge in [0.25, 0.3) is 0 Å². The van der Waals surface area contributed by atoms with Crippen LogP contribution in [0.15, 0.2) is 59.6 Å². The molecule has 2 aromatic carbocycles. The van der Waals surface area contributed by atoms with Gasteiger partial charge in [-0.1, -0.05) is 18.2 Å². The Hall–Kier alpha value is -2.89. The minimum atomic E-state index is -1.32. The lowest BCUT2D eigenvalue weighted by molar-refractivity contribution is -1.10. The summed E-state index contributed by atoms with van der Waals surface area (Å²) in [7, 11) is -1.32. The Labute approximate surface area is 215 Å². The van der Waals surface area contributed by atoms with Crippen molar-refractivity contribution >= 4 is 34.1 Å². The summed E-state index contributed by atoms with van der Waals surface area (Å²) in [5.41, 5.74) is 3.26. The standard InChI is InChI=1S/C26H36N6O3S/c1-6-35-15-14-32(33)18-20-10-12-21(13-11-20)29-25-27-17-19(2)24(30-25)28-22-8-7-9-23(16-22)36(34)31-26(3,4)5/h7-13,16-17,31,33H,6,14-15,18H2,1-5H3,(H2,27,28,29,30)/p+1. The van der Waals surface area contributed by atoms with Gasteiger partial charge in [0.15, 0.2) is 0 Å². The van der Waals surface area contributed by atoms with Gasteiger partial charge in [-0.2, -0.15) is 10.0 Å². The van der Waals surface area contributed by atoms with E-state index in [1.807, 2.05) is 83.1 Å². The van der Waals surface area contributed by atoms with E-state index in [0.717, 1.165) is 22.5 Å². The average Bonchev–Trinajstić information content (AvgIpc) is 2.82. The van der Waals surface area contributed by atoms with Gasteiger partial charge in [0.1, 0.15) is 29.9 Å². The van der Waals surface area contributed by atoms with E-state index < -0.39 is 11.0 Å². The van der Waals surface area contributed by atoms with Gasteiger partial charge in [0.2, 0.25) is 5.95 Å². The van der Waals surface area contributed by atoms with Gasteiger partial charge >= 0.3 is 0 Å². The van der Waals surface area contributed by atoms with Crippen LogP contribution < -0.4 is 20.4 Å². The highest BCUT2D eigenvalue weighted by Gasteiger charge is 2.15. The fraction of sp³-hybridized carbons (Fsp3) is 0.385. The Morgan fingerprint density at radius 1 is 1.08 bits per heavy atom. The molecule has 0 spiro atoms. The number of quaternary nitrogens is 1. The first-order valence-electron chi connectivity index (χ1n) is 12.0. The summed E-state index contributed by atoms with van der Waals surface area (Å²) in [5, 5.41) is 17.0. The first kappa shape index (κ1) is 27.7. The highest BCUT2D eigenvalue weighted by molar-refractivity contribution is 7.83. The Kier molecular flexibility index (Phi) is 9.91. The molecule has 0 aliphatic rings. The van der Waals surface area contributed by atoms with Crippen LogP contribution in [0.4, 0.5) is 23.1 Å². The molecule has 0 amide bonds. The van der Waals surface area contributed by atoms with Gasteiger partial charge in [-0.15, -0.1) is 0 Å². The number of nitrogens with zero attached hydrogens (tertiary/aromatic N) is 2. The zero-order valence-electron chi connectivity index (χ0n) is 21.6. The summed E-state index contributed by atoms with van der Waals surface area (Å²) in [6.07, 6.45) is 1.75. The Balaban J connectivity index is 1.65. The molecule has 3 rings (SSSR count). The van der Waals surface area contributed by atoms with Crippen molar-refractivity contribution in [2.45, 2.75) is 51.6 Å². The molecule has 3 aromatic rings. The van der Waals surface area contributed by atoms with Crippen molar-refractivity contribution < 1.29 is 19.2 Å². The molecule has 1 aromatic heterocycles. The molecule has 194 valence electrons. The van der Waals surface area contributed by atoms with Gasteiger partial charge in [0, 0.05) is 40.8 Å². The monoisotopic (exact) mass is 513 g/mol. The lowest BCUT2D eigenvalue weighted by atomic mass is 10.1. The number of aryl methyl sites for hydroxylation is 1. The number of nitrogens with one attached hydrogen (secondary N) is 4. The number of hydrogen-bond acceptors (Lipinski definition) is 7. The normalized spacial score (nSPS) is 13.3. The number of hydrogen-bond donors (Lipinski definition) is 5. The summed E-state index contributed by atoms with van der Waals surface area (Å²) in [6.45, 7) is 12.0. The molecule has 10 heteroatoms. The number of anilines is 4. The van der Waals surface area contributed by atoms with Crippen LogP contribution >= 0.6 is 0 Å². The van der Waals surface area contributed by atoms with E-state index in [0.29, 0.717) is 48.0 Å². The summed E-state index contributed by atoms with van der Waals surface area (Å²) in [4.78, 5) is 9.70. The smallest absolute Gasteiger partial charge is 0.229 e. The van der Waals surface area contributed by atoms with Crippen LogP contribution in [-0.2, 0) is 22.3 Å². The highest BCUT2D eigenvalue weighted by atomic mass is 32.2. The predicted octanol–water partition coefficient (Wildman–Crippen LogP) is 3.49. The number of aromatic nitrogens is 2. The Morgan fingerprint density at radius 3 is 2.53 bits per heavy atom. The molecule has 1 heterocycles. The van der Waals surface area contributed by atoms with Crippen molar-refractivity contribution in [3.05, 3.63) is 65.9 Å². The Morgan fingerprint density at radius 2 is 1.83 bits per heavy atom. The number of benzene rings is 2. The SMILES string of the molecule is CCOCC[NH+](O)Cc1ccc(Nc2ncc(C)c(Nc3cccc(S(=O)NC(C)(C)C)c3)n2)cc1. The van der Waals surface area contributed by atoms with E-state index in [2.05, 4.69) is 25.3 Å². The fourth-order valence-electron chi connectivity index (χ4n) is 3.29. The Bertz CT molecular complexity index is 1150. The summed E-state index contributed by atoms with van der Waals surface area (Å²) < 4.78 is 21.0. The van der Waals surface area contributed by atoms with Crippen molar-refractivity contribution in [1.29, 1.82) is 0 Å². The molecule has 0 fully saturated rings. The molecule has 2 unspecified atom stereocenters. The third kappa shape index (κ3) is 8.96. The third-order valence-electron chi connectivity index (χ3n) is 5.04. The van der Waals surface area contributed by atoms with E-state index >= 15 is 0 Å². The van der Waals surface area contributed by atoms with Crippen LogP contribution in [0.25, 0.3) is 0 Å². The van der Waals surface area contributed by atoms with E-state index in [1.54, 1.807) is 6.20 Å². The molecule has 0 aliphatic carbocycles. The largest absolute Gasteiger partial charge is 0.376 e. The number of ether oxygens (including phenoxy) is 1. The van der Waals surface area contributed by atoms with Crippen molar-refractivity contribution in [3.8, 4) is 0 Å². The molecule has 5 N–H and O–H groups in total. The van der Waals surface area contributed by atoms with Crippen molar-refractivity contribution in [3.63, 3.8) is 0 Å². The topological polar surface area (TPSA) is 113 Å². The van der Waals surface area contributed by atoms with Crippen molar-refractivity contribution in [2.24, 2.45) is 0 Å². The maximum Gasteiger partial charge on any atom is 0.229 e. The molecule has 9 nitrogen and oxygen atoms in total. The molecule has 0 saturated heterocycles. The molecule has 0 bridgehead atoms. The number of rotatable bonds is 12. The van der Waals surface area contributed by atoms with Crippen molar-refractivity contribution in [2.75, 3.05) is 30.4 Å². The van der Waals surface area contributed by atoms with Gasteiger partial charge < -0.3 is 15.4 Å². The van der Waals surface area contributed by atoms with Crippen LogP contribution in [-0.4, -0.2) is 44.7 Å². The maximum absolute atomic E-state index is 12.6. The van der Waals surface area contributed by atoms with Gasteiger partial charge in [0.05, 0.1) is 11.5 Å². The van der Waals surface area contributed by atoms with Crippen LogP contribution in [0.1, 0.15) is 38.8 Å². The molecular weight excluding hydrogens is 476 g/mol. The molecular formula is C26H37N6O3S+. The zero-order valence-corrected chi connectivity index (χ0v) is 22.4. The van der Waals surface area contributed by atoms with E-state index in [1.165, 1.54) is 0 Å². The minimum Gasteiger partial charge on any atom is -0.376 e. The lowest BCUT2D eigenvalue weighted by Gasteiger charge is -2.19. The zero-order chi connectivity index (χ0) is 26.1. The lowest BCUT2D eigenvalue weighted by Crippen LogP contribution is -3.08. The van der Waals surface area contributed by atoms with Gasteiger partial charge in [-0.25, -0.2) is 19.1 Å². The molecule has 0 aliphatic heterocycles. The van der Waals surface area contributed by atoms with Crippen LogP contribution in [0.2, 0.25) is 0 Å².